The Kier molecular flexibility index (Phi) is 3.96. The van der Waals surface area contributed by atoms with E-state index in [0.717, 1.165) is 29.7 Å². The van der Waals surface area contributed by atoms with Crippen molar-refractivity contribution in [3.63, 3.8) is 0 Å². The Balaban J connectivity index is 1.70. The van der Waals surface area contributed by atoms with Gasteiger partial charge in [-0.1, -0.05) is 12.1 Å². The third-order valence-electron chi connectivity index (χ3n) is 4.43. The van der Waals surface area contributed by atoms with Crippen LogP contribution in [0.1, 0.15) is 18.5 Å². The first kappa shape index (κ1) is 16.7. The average molecular weight is 366 g/mol. The number of pyridine rings is 1. The fraction of sp³-hybridized carbons (Fsp3) is 0.211. The quantitative estimate of drug-likeness (QED) is 0.762. The normalized spacial score (nSPS) is 14.3. The van der Waals surface area contributed by atoms with Crippen molar-refractivity contribution in [3.05, 3.63) is 54.5 Å². The molecule has 0 spiro atoms. The third-order valence-corrected chi connectivity index (χ3v) is 6.71. The molecule has 26 heavy (non-hydrogen) atoms. The van der Waals surface area contributed by atoms with Crippen molar-refractivity contribution in [1.29, 1.82) is 0 Å². The highest BCUT2D eigenvalue weighted by Crippen LogP contribution is 2.34. The van der Waals surface area contributed by atoms with E-state index in [2.05, 4.69) is 15.0 Å². The number of sulfone groups is 1. The number of rotatable bonds is 4. The fourth-order valence-corrected chi connectivity index (χ4v) is 4.40. The van der Waals surface area contributed by atoms with Gasteiger partial charge in [0.25, 0.3) is 0 Å². The average Bonchev–Trinajstić information content (AvgIpc) is 3.49. The standard InChI is InChI=1S/C19H18N4O2S/c1-12-2-3-14(10-21-12)18-19(20)22-11-17(23-18)13-4-6-15(7-5-13)26(24,25)16-8-9-16/h2-7,10-11,16H,8-9H2,1H3,(H2,20,22). The molecule has 3 aromatic rings. The number of benzene rings is 1. The summed E-state index contributed by atoms with van der Waals surface area (Å²) in [4.78, 5) is 13.5. The molecule has 0 saturated heterocycles. The Labute approximate surface area is 152 Å². The maximum absolute atomic E-state index is 12.3. The number of anilines is 1. The first-order valence-corrected chi connectivity index (χ1v) is 9.89. The summed E-state index contributed by atoms with van der Waals surface area (Å²) in [6, 6.07) is 10.6. The molecule has 0 unspecified atom stereocenters. The summed E-state index contributed by atoms with van der Waals surface area (Å²) >= 11 is 0. The lowest BCUT2D eigenvalue weighted by atomic mass is 10.1. The van der Waals surface area contributed by atoms with Gasteiger partial charge in [-0.2, -0.15) is 0 Å². The number of nitrogens with zero attached hydrogens (tertiary/aromatic N) is 3. The van der Waals surface area contributed by atoms with Crippen molar-refractivity contribution < 1.29 is 8.42 Å². The molecule has 0 radical (unpaired) electrons. The molecule has 132 valence electrons. The van der Waals surface area contributed by atoms with E-state index in [1.807, 2.05) is 19.1 Å². The number of hydrogen-bond acceptors (Lipinski definition) is 6. The molecule has 1 aliphatic rings. The predicted octanol–water partition coefficient (Wildman–Crippen LogP) is 3.03. The molecule has 1 saturated carbocycles. The van der Waals surface area contributed by atoms with Gasteiger partial charge in [-0.25, -0.2) is 18.4 Å². The first-order valence-electron chi connectivity index (χ1n) is 8.35. The van der Waals surface area contributed by atoms with E-state index in [-0.39, 0.29) is 5.25 Å². The Morgan fingerprint density at radius 3 is 2.27 bits per heavy atom. The molecule has 0 amide bonds. The molecular weight excluding hydrogens is 348 g/mol. The second kappa shape index (κ2) is 6.17. The second-order valence-corrected chi connectivity index (χ2v) is 8.67. The highest BCUT2D eigenvalue weighted by molar-refractivity contribution is 7.92. The zero-order valence-electron chi connectivity index (χ0n) is 14.3. The van der Waals surface area contributed by atoms with Crippen LogP contribution >= 0.6 is 0 Å². The third kappa shape index (κ3) is 3.06. The van der Waals surface area contributed by atoms with Crippen LogP contribution in [0.4, 0.5) is 5.82 Å². The molecule has 7 heteroatoms. The van der Waals surface area contributed by atoms with Gasteiger partial charge in [0, 0.05) is 23.0 Å². The Morgan fingerprint density at radius 2 is 1.65 bits per heavy atom. The summed E-state index contributed by atoms with van der Waals surface area (Å²) in [5.74, 6) is 0.326. The largest absolute Gasteiger partial charge is 0.382 e. The summed E-state index contributed by atoms with van der Waals surface area (Å²) < 4.78 is 24.6. The van der Waals surface area contributed by atoms with Crippen molar-refractivity contribution in [2.45, 2.75) is 29.9 Å². The van der Waals surface area contributed by atoms with E-state index >= 15 is 0 Å². The van der Waals surface area contributed by atoms with Crippen LogP contribution in [0.3, 0.4) is 0 Å². The van der Waals surface area contributed by atoms with E-state index in [4.69, 9.17) is 5.73 Å². The van der Waals surface area contributed by atoms with E-state index in [1.165, 1.54) is 0 Å². The summed E-state index contributed by atoms with van der Waals surface area (Å²) in [7, 11) is -3.19. The molecule has 4 rings (SSSR count). The van der Waals surface area contributed by atoms with Crippen LogP contribution in [0.15, 0.2) is 53.7 Å². The molecule has 0 bridgehead atoms. The SMILES string of the molecule is Cc1ccc(-c2nc(-c3ccc(S(=O)(=O)C4CC4)cc3)cnc2N)cn1. The van der Waals surface area contributed by atoms with E-state index < -0.39 is 9.84 Å². The van der Waals surface area contributed by atoms with Gasteiger partial charge in [0.15, 0.2) is 9.84 Å². The fourth-order valence-electron chi connectivity index (χ4n) is 2.74. The monoisotopic (exact) mass is 366 g/mol. The van der Waals surface area contributed by atoms with Gasteiger partial charge in [0.2, 0.25) is 0 Å². The maximum Gasteiger partial charge on any atom is 0.181 e. The number of aromatic nitrogens is 3. The molecule has 1 aliphatic carbocycles. The highest BCUT2D eigenvalue weighted by atomic mass is 32.2. The second-order valence-electron chi connectivity index (χ2n) is 6.45. The molecular formula is C19H18N4O2S. The Morgan fingerprint density at radius 1 is 0.962 bits per heavy atom. The summed E-state index contributed by atoms with van der Waals surface area (Å²) in [5.41, 5.74) is 9.65. The highest BCUT2D eigenvalue weighted by Gasteiger charge is 2.36. The molecule has 2 N–H and O–H groups in total. The predicted molar refractivity (Wildman–Crippen MR) is 100 cm³/mol. The van der Waals surface area contributed by atoms with Crippen LogP contribution < -0.4 is 5.73 Å². The molecule has 1 fully saturated rings. The molecule has 0 atom stereocenters. The lowest BCUT2D eigenvalue weighted by Crippen LogP contribution is -2.06. The number of aryl methyl sites for hydroxylation is 1. The summed E-state index contributed by atoms with van der Waals surface area (Å²) in [6.45, 7) is 1.91. The zero-order valence-corrected chi connectivity index (χ0v) is 15.1. The van der Waals surface area contributed by atoms with Gasteiger partial charge in [-0.15, -0.1) is 0 Å². The molecule has 6 nitrogen and oxygen atoms in total. The van der Waals surface area contributed by atoms with Crippen LogP contribution in [0.5, 0.6) is 0 Å². The minimum atomic E-state index is -3.19. The van der Waals surface area contributed by atoms with Crippen molar-refractivity contribution in [2.24, 2.45) is 0 Å². The molecule has 2 heterocycles. The lowest BCUT2D eigenvalue weighted by Gasteiger charge is -2.08. The lowest BCUT2D eigenvalue weighted by molar-refractivity contribution is 0.595. The van der Waals surface area contributed by atoms with E-state index in [1.54, 1.807) is 36.7 Å². The summed E-state index contributed by atoms with van der Waals surface area (Å²) in [5, 5.41) is -0.217. The minimum Gasteiger partial charge on any atom is -0.382 e. The first-order chi connectivity index (χ1) is 12.4. The smallest absolute Gasteiger partial charge is 0.181 e. The minimum absolute atomic E-state index is 0.217. The van der Waals surface area contributed by atoms with Crippen molar-refractivity contribution in [2.75, 3.05) is 5.73 Å². The topological polar surface area (TPSA) is 98.8 Å². The number of nitrogen functional groups attached to an aromatic ring is 1. The van der Waals surface area contributed by atoms with Gasteiger partial charge in [0.05, 0.1) is 22.0 Å². The van der Waals surface area contributed by atoms with E-state index in [9.17, 15) is 8.42 Å². The molecule has 1 aromatic carbocycles. The van der Waals surface area contributed by atoms with Crippen molar-refractivity contribution >= 4 is 15.7 Å². The van der Waals surface area contributed by atoms with Crippen molar-refractivity contribution in [3.8, 4) is 22.5 Å². The molecule has 0 aliphatic heterocycles. The van der Waals surface area contributed by atoms with Crippen LogP contribution in [0.2, 0.25) is 0 Å². The van der Waals surface area contributed by atoms with Gasteiger partial charge in [0.1, 0.15) is 11.5 Å². The van der Waals surface area contributed by atoms with Crippen LogP contribution in [0.25, 0.3) is 22.5 Å². The van der Waals surface area contributed by atoms with Gasteiger partial charge < -0.3 is 5.73 Å². The van der Waals surface area contributed by atoms with Crippen LogP contribution in [0, 0.1) is 6.92 Å². The van der Waals surface area contributed by atoms with Gasteiger partial charge in [-0.3, -0.25) is 4.98 Å². The Hall–Kier alpha value is -2.80. The maximum atomic E-state index is 12.3. The van der Waals surface area contributed by atoms with E-state index in [0.29, 0.717) is 22.1 Å². The van der Waals surface area contributed by atoms with Crippen molar-refractivity contribution in [1.82, 2.24) is 15.0 Å². The Bertz CT molecular complexity index is 1060. The number of hydrogen-bond donors (Lipinski definition) is 1. The summed E-state index contributed by atoms with van der Waals surface area (Å²) in [6.07, 6.45) is 4.80. The number of nitrogens with two attached hydrogens (primary N) is 1. The zero-order chi connectivity index (χ0) is 18.3. The van der Waals surface area contributed by atoms with Crippen LogP contribution in [-0.4, -0.2) is 28.6 Å². The molecule has 2 aromatic heterocycles. The van der Waals surface area contributed by atoms with Gasteiger partial charge >= 0.3 is 0 Å². The van der Waals surface area contributed by atoms with Gasteiger partial charge in [-0.05, 0) is 44.0 Å². The van der Waals surface area contributed by atoms with Crippen LogP contribution in [-0.2, 0) is 9.84 Å².